The molecule has 3 nitrogen and oxygen atoms in total. The van der Waals surface area contributed by atoms with E-state index in [0.717, 1.165) is 5.56 Å². The first-order valence-electron chi connectivity index (χ1n) is 5.49. The molecule has 0 radical (unpaired) electrons. The molecule has 0 spiro atoms. The Labute approximate surface area is 107 Å². The number of hydrogen-bond donors (Lipinski definition) is 1. The molecule has 0 heterocycles. The molecule has 1 N–H and O–H groups in total. The van der Waals surface area contributed by atoms with E-state index >= 15 is 0 Å². The third-order valence-corrected chi connectivity index (χ3v) is 2.66. The van der Waals surface area contributed by atoms with Gasteiger partial charge in [-0.25, -0.2) is 0 Å². The van der Waals surface area contributed by atoms with E-state index in [2.05, 4.69) is 24.2 Å². The Morgan fingerprint density at radius 1 is 1.35 bits per heavy atom. The number of amidine groups is 1. The standard InChI is InChI=1S/C13H16ClN3/c1-9(2)13(17-10(3)16-8-15)11-4-6-12(14)7-5-11/h4-7,9,13H,1-3H3,(H,16,17). The van der Waals surface area contributed by atoms with Crippen molar-refractivity contribution in [3.05, 3.63) is 34.9 Å². The third-order valence-electron chi connectivity index (χ3n) is 2.41. The van der Waals surface area contributed by atoms with Crippen LogP contribution in [-0.2, 0) is 0 Å². The van der Waals surface area contributed by atoms with Gasteiger partial charge in [-0.3, -0.25) is 10.3 Å². The van der Waals surface area contributed by atoms with Crippen LogP contribution in [0.4, 0.5) is 0 Å². The average Bonchev–Trinajstić information content (AvgIpc) is 2.27. The summed E-state index contributed by atoms with van der Waals surface area (Å²) < 4.78 is 0. The number of aliphatic imine (C=N–C) groups is 1. The van der Waals surface area contributed by atoms with Crippen molar-refractivity contribution in [3.63, 3.8) is 0 Å². The number of rotatable bonds is 3. The Hall–Kier alpha value is -1.53. The van der Waals surface area contributed by atoms with E-state index in [-0.39, 0.29) is 6.04 Å². The van der Waals surface area contributed by atoms with Crippen LogP contribution < -0.4 is 5.32 Å². The maximum Gasteiger partial charge on any atom is 0.182 e. The van der Waals surface area contributed by atoms with Gasteiger partial charge in [0.15, 0.2) is 6.19 Å². The van der Waals surface area contributed by atoms with Crippen molar-refractivity contribution in [1.82, 2.24) is 5.32 Å². The molecular formula is C13H16ClN3. The molecule has 1 unspecified atom stereocenters. The van der Waals surface area contributed by atoms with Gasteiger partial charge in [0.25, 0.3) is 0 Å². The summed E-state index contributed by atoms with van der Waals surface area (Å²) in [6.07, 6.45) is 1.87. The van der Waals surface area contributed by atoms with Gasteiger partial charge in [-0.05, 0) is 30.5 Å². The molecule has 1 aromatic carbocycles. The maximum absolute atomic E-state index is 8.54. The predicted octanol–water partition coefficient (Wildman–Crippen LogP) is 3.53. The summed E-state index contributed by atoms with van der Waals surface area (Å²) in [6, 6.07) is 7.68. The van der Waals surface area contributed by atoms with Gasteiger partial charge in [0.05, 0.1) is 6.04 Å². The number of nitriles is 1. The lowest BCUT2D eigenvalue weighted by Crippen LogP contribution is -2.16. The van der Waals surface area contributed by atoms with Crippen LogP contribution >= 0.6 is 11.6 Å². The minimum atomic E-state index is 0.0353. The zero-order valence-electron chi connectivity index (χ0n) is 10.2. The van der Waals surface area contributed by atoms with Crippen molar-refractivity contribution in [1.29, 1.82) is 5.26 Å². The molecular weight excluding hydrogens is 234 g/mol. The maximum atomic E-state index is 8.54. The van der Waals surface area contributed by atoms with Crippen molar-refractivity contribution < 1.29 is 0 Å². The molecule has 4 heteroatoms. The zero-order valence-corrected chi connectivity index (χ0v) is 11.0. The Morgan fingerprint density at radius 2 is 1.94 bits per heavy atom. The van der Waals surface area contributed by atoms with E-state index < -0.39 is 0 Å². The Bertz CT molecular complexity index is 429. The highest BCUT2D eigenvalue weighted by atomic mass is 35.5. The lowest BCUT2D eigenvalue weighted by molar-refractivity contribution is 0.515. The fraction of sp³-hybridized carbons (Fsp3) is 0.385. The van der Waals surface area contributed by atoms with Crippen molar-refractivity contribution in [2.75, 3.05) is 0 Å². The van der Waals surface area contributed by atoms with Crippen LogP contribution in [0.2, 0.25) is 5.02 Å². The summed E-state index contributed by atoms with van der Waals surface area (Å²) in [6.45, 7) is 5.99. The molecule has 0 amide bonds. The second-order valence-electron chi connectivity index (χ2n) is 4.19. The molecule has 90 valence electrons. The molecule has 17 heavy (non-hydrogen) atoms. The minimum Gasteiger partial charge on any atom is -0.281 e. The summed E-state index contributed by atoms with van der Waals surface area (Å²) in [7, 11) is 0. The normalized spacial score (nSPS) is 13.3. The number of hydrogen-bond acceptors (Lipinski definition) is 2. The van der Waals surface area contributed by atoms with Crippen LogP contribution in [0.25, 0.3) is 0 Å². The third kappa shape index (κ3) is 4.08. The fourth-order valence-corrected chi connectivity index (χ4v) is 1.72. The molecule has 1 rings (SSSR count). The van der Waals surface area contributed by atoms with Gasteiger partial charge in [-0.1, -0.05) is 37.6 Å². The van der Waals surface area contributed by atoms with Crippen molar-refractivity contribution >= 4 is 17.4 Å². The summed E-state index contributed by atoms with van der Waals surface area (Å²) >= 11 is 5.86. The van der Waals surface area contributed by atoms with Gasteiger partial charge in [0, 0.05) is 5.02 Å². The predicted molar refractivity (Wildman–Crippen MR) is 70.9 cm³/mol. The van der Waals surface area contributed by atoms with Gasteiger partial charge in [0.2, 0.25) is 0 Å². The number of nitrogens with zero attached hydrogens (tertiary/aromatic N) is 2. The van der Waals surface area contributed by atoms with Gasteiger partial charge >= 0.3 is 0 Å². The van der Waals surface area contributed by atoms with E-state index in [4.69, 9.17) is 16.9 Å². The average molecular weight is 250 g/mol. The second kappa shape index (κ2) is 6.27. The fourth-order valence-electron chi connectivity index (χ4n) is 1.59. The van der Waals surface area contributed by atoms with E-state index in [0.29, 0.717) is 16.8 Å². The monoisotopic (exact) mass is 249 g/mol. The smallest absolute Gasteiger partial charge is 0.182 e. The van der Waals surface area contributed by atoms with Crippen molar-refractivity contribution in [2.45, 2.75) is 26.8 Å². The molecule has 0 aliphatic rings. The lowest BCUT2D eigenvalue weighted by Gasteiger charge is -2.17. The van der Waals surface area contributed by atoms with Gasteiger partial charge in [0.1, 0.15) is 5.84 Å². The summed E-state index contributed by atoms with van der Waals surface area (Å²) in [5.41, 5.74) is 1.10. The lowest BCUT2D eigenvalue weighted by atomic mass is 9.97. The summed E-state index contributed by atoms with van der Waals surface area (Å²) in [5.74, 6) is 0.979. The molecule has 0 aromatic heterocycles. The molecule has 0 aliphatic carbocycles. The van der Waals surface area contributed by atoms with E-state index in [9.17, 15) is 0 Å². The summed E-state index contributed by atoms with van der Waals surface area (Å²) in [5, 5.41) is 11.8. The quantitative estimate of drug-likeness (QED) is 0.386. The molecule has 1 atom stereocenters. The molecule has 0 aliphatic heterocycles. The molecule has 1 aromatic rings. The number of benzene rings is 1. The Balaban J connectivity index is 2.98. The Morgan fingerprint density at radius 3 is 2.41 bits per heavy atom. The van der Waals surface area contributed by atoms with Crippen LogP contribution in [0, 0.1) is 17.4 Å². The van der Waals surface area contributed by atoms with E-state index in [1.807, 2.05) is 30.5 Å². The van der Waals surface area contributed by atoms with Crippen LogP contribution in [0.3, 0.4) is 0 Å². The van der Waals surface area contributed by atoms with Gasteiger partial charge in [-0.15, -0.1) is 0 Å². The Kier molecular flexibility index (Phi) is 4.99. The minimum absolute atomic E-state index is 0.0353. The first kappa shape index (κ1) is 13.5. The van der Waals surface area contributed by atoms with E-state index in [1.54, 1.807) is 6.92 Å². The van der Waals surface area contributed by atoms with Crippen molar-refractivity contribution in [3.8, 4) is 6.19 Å². The summed E-state index contributed by atoms with van der Waals surface area (Å²) in [4.78, 5) is 4.51. The topological polar surface area (TPSA) is 48.2 Å². The second-order valence-corrected chi connectivity index (χ2v) is 4.63. The SMILES string of the molecule is CC(=NC(c1ccc(Cl)cc1)C(C)C)NC#N. The number of nitrogens with one attached hydrogen (secondary N) is 1. The molecule has 0 fully saturated rings. The van der Waals surface area contributed by atoms with E-state index in [1.165, 1.54) is 0 Å². The van der Waals surface area contributed by atoms with Crippen LogP contribution in [0.1, 0.15) is 32.4 Å². The first-order valence-corrected chi connectivity index (χ1v) is 5.87. The highest BCUT2D eigenvalue weighted by Gasteiger charge is 2.14. The van der Waals surface area contributed by atoms with Crippen LogP contribution in [0.5, 0.6) is 0 Å². The number of halogens is 1. The molecule has 0 saturated heterocycles. The first-order chi connectivity index (χ1) is 8.04. The van der Waals surface area contributed by atoms with Crippen molar-refractivity contribution in [2.24, 2.45) is 10.9 Å². The molecule has 0 saturated carbocycles. The van der Waals surface area contributed by atoms with Gasteiger partial charge < -0.3 is 0 Å². The van der Waals surface area contributed by atoms with Crippen LogP contribution in [-0.4, -0.2) is 5.84 Å². The largest absolute Gasteiger partial charge is 0.281 e. The zero-order chi connectivity index (χ0) is 12.8. The highest BCUT2D eigenvalue weighted by Crippen LogP contribution is 2.26. The highest BCUT2D eigenvalue weighted by molar-refractivity contribution is 6.30. The van der Waals surface area contributed by atoms with Crippen LogP contribution in [0.15, 0.2) is 29.3 Å². The van der Waals surface area contributed by atoms with Gasteiger partial charge in [-0.2, -0.15) is 5.26 Å². The molecule has 0 bridgehead atoms.